The second kappa shape index (κ2) is 3.43. The van der Waals surface area contributed by atoms with Crippen LogP contribution in [0.25, 0.3) is 0 Å². The Bertz CT molecular complexity index is 425. The van der Waals surface area contributed by atoms with E-state index in [0.717, 1.165) is 13.1 Å². The van der Waals surface area contributed by atoms with Gasteiger partial charge in [-0.05, 0) is 17.9 Å². The molecule has 2 aliphatic rings. The largest absolute Gasteiger partial charge is 0.411 e. The summed E-state index contributed by atoms with van der Waals surface area (Å²) in [5, 5.41) is 11.5. The molecule has 84 valence electrons. The highest BCUT2D eigenvalue weighted by Crippen LogP contribution is 2.51. The van der Waals surface area contributed by atoms with Crippen molar-refractivity contribution in [2.75, 3.05) is 18.0 Å². The van der Waals surface area contributed by atoms with Crippen LogP contribution >= 0.6 is 0 Å². The second-order valence-electron chi connectivity index (χ2n) is 4.41. The third-order valence-electron chi connectivity index (χ3n) is 3.53. The molecule has 16 heavy (non-hydrogen) atoms. The lowest BCUT2D eigenvalue weighted by Crippen LogP contribution is -2.25. The average Bonchev–Trinajstić information content (AvgIpc) is 2.75. The molecule has 2 heterocycles. The summed E-state index contributed by atoms with van der Waals surface area (Å²) in [5.74, 6) is 1.93. The molecule has 0 bridgehead atoms. The Hall–Kier alpha value is -1.65. The Morgan fingerprint density at radius 3 is 2.88 bits per heavy atom. The van der Waals surface area contributed by atoms with E-state index in [9.17, 15) is 4.39 Å². The summed E-state index contributed by atoms with van der Waals surface area (Å²) >= 11 is 0. The van der Waals surface area contributed by atoms with Gasteiger partial charge < -0.3 is 10.1 Å². The van der Waals surface area contributed by atoms with Crippen LogP contribution in [0, 0.1) is 23.6 Å². The van der Waals surface area contributed by atoms with Gasteiger partial charge in [0.15, 0.2) is 0 Å². The topological polar surface area (TPSA) is 48.7 Å². The van der Waals surface area contributed by atoms with Crippen molar-refractivity contribution in [2.45, 2.75) is 0 Å². The lowest BCUT2D eigenvalue weighted by atomic mass is 10.3. The minimum absolute atomic E-state index is 0.251. The molecule has 1 N–H and O–H groups in total. The molecule has 5 heteroatoms. The van der Waals surface area contributed by atoms with Gasteiger partial charge in [0.2, 0.25) is 0 Å². The molecule has 1 saturated carbocycles. The maximum Gasteiger partial charge on any atom is 0.131 e. The van der Waals surface area contributed by atoms with Crippen LogP contribution < -0.4 is 4.90 Å². The van der Waals surface area contributed by atoms with Crippen LogP contribution in [-0.4, -0.2) is 29.5 Å². The van der Waals surface area contributed by atoms with Crippen molar-refractivity contribution in [1.29, 1.82) is 0 Å². The highest BCUT2D eigenvalue weighted by molar-refractivity contribution is 5.67. The molecule has 1 aliphatic carbocycles. The number of aromatic nitrogens is 1. The summed E-state index contributed by atoms with van der Waals surface area (Å²) in [7, 11) is 0. The Morgan fingerprint density at radius 1 is 1.50 bits per heavy atom. The van der Waals surface area contributed by atoms with Crippen LogP contribution in [0.15, 0.2) is 23.5 Å². The first kappa shape index (κ1) is 9.57. The summed E-state index contributed by atoms with van der Waals surface area (Å²) < 4.78 is 13.0. The Morgan fingerprint density at radius 2 is 2.25 bits per heavy atom. The van der Waals surface area contributed by atoms with Crippen molar-refractivity contribution in [1.82, 2.24) is 4.98 Å². The van der Waals surface area contributed by atoms with Gasteiger partial charge >= 0.3 is 0 Å². The SMILES string of the molecule is O/N=C/C1[C@H]2CN(c3cc(F)ccn3)C[C@@H]12. The summed E-state index contributed by atoms with van der Waals surface area (Å²) in [6.45, 7) is 1.75. The van der Waals surface area contributed by atoms with E-state index < -0.39 is 0 Å². The van der Waals surface area contributed by atoms with Gasteiger partial charge in [-0.3, -0.25) is 0 Å². The number of rotatable bonds is 2. The molecule has 1 aromatic heterocycles. The van der Waals surface area contributed by atoms with Gasteiger partial charge in [0.1, 0.15) is 11.6 Å². The molecule has 3 atom stereocenters. The molecule has 1 unspecified atom stereocenters. The first-order valence-corrected chi connectivity index (χ1v) is 5.33. The third kappa shape index (κ3) is 1.43. The van der Waals surface area contributed by atoms with Gasteiger partial charge in [-0.15, -0.1) is 5.16 Å². The van der Waals surface area contributed by atoms with Crippen molar-refractivity contribution in [2.24, 2.45) is 22.9 Å². The maximum absolute atomic E-state index is 13.0. The molecule has 0 radical (unpaired) electrons. The first-order chi connectivity index (χ1) is 7.79. The number of fused-ring (bicyclic) bond motifs is 1. The van der Waals surface area contributed by atoms with E-state index in [2.05, 4.69) is 15.0 Å². The Balaban J connectivity index is 1.69. The molecule has 3 rings (SSSR count). The van der Waals surface area contributed by atoms with E-state index in [4.69, 9.17) is 5.21 Å². The van der Waals surface area contributed by atoms with Gasteiger partial charge in [-0.2, -0.15) is 0 Å². The fraction of sp³-hybridized carbons (Fsp3) is 0.455. The zero-order valence-electron chi connectivity index (χ0n) is 8.62. The van der Waals surface area contributed by atoms with E-state index in [0.29, 0.717) is 23.6 Å². The van der Waals surface area contributed by atoms with Gasteiger partial charge in [0.25, 0.3) is 0 Å². The fourth-order valence-corrected chi connectivity index (χ4v) is 2.62. The molecule has 0 spiro atoms. The van der Waals surface area contributed by atoms with Crippen LogP contribution in [-0.2, 0) is 0 Å². The second-order valence-corrected chi connectivity index (χ2v) is 4.41. The number of anilines is 1. The van der Waals surface area contributed by atoms with Crippen LogP contribution in [0.2, 0.25) is 0 Å². The van der Waals surface area contributed by atoms with Crippen LogP contribution in [0.4, 0.5) is 10.2 Å². The molecule has 2 fully saturated rings. The zero-order valence-corrected chi connectivity index (χ0v) is 8.62. The fourth-order valence-electron chi connectivity index (χ4n) is 2.62. The highest BCUT2D eigenvalue weighted by Gasteiger charge is 2.55. The van der Waals surface area contributed by atoms with E-state index in [1.54, 1.807) is 6.21 Å². The lowest BCUT2D eigenvalue weighted by Gasteiger charge is -2.19. The number of halogens is 1. The van der Waals surface area contributed by atoms with Crippen molar-refractivity contribution in [3.8, 4) is 0 Å². The normalized spacial score (nSPS) is 32.1. The van der Waals surface area contributed by atoms with E-state index >= 15 is 0 Å². The molecule has 1 saturated heterocycles. The zero-order chi connectivity index (χ0) is 11.1. The molecule has 1 aliphatic heterocycles. The van der Waals surface area contributed by atoms with Gasteiger partial charge in [-0.25, -0.2) is 9.37 Å². The van der Waals surface area contributed by atoms with Gasteiger partial charge in [0, 0.05) is 37.5 Å². The predicted molar refractivity (Wildman–Crippen MR) is 57.2 cm³/mol. The molecule has 1 aromatic rings. The average molecular weight is 221 g/mol. The summed E-state index contributed by atoms with van der Waals surface area (Å²) in [6, 6.07) is 2.81. The summed E-state index contributed by atoms with van der Waals surface area (Å²) in [6.07, 6.45) is 3.09. The van der Waals surface area contributed by atoms with Crippen molar-refractivity contribution < 1.29 is 9.60 Å². The van der Waals surface area contributed by atoms with E-state index in [1.807, 2.05) is 0 Å². The highest BCUT2D eigenvalue weighted by atomic mass is 19.1. The maximum atomic E-state index is 13.0. The number of nitrogens with zero attached hydrogens (tertiary/aromatic N) is 3. The van der Waals surface area contributed by atoms with Crippen LogP contribution in [0.1, 0.15) is 0 Å². The number of hydrogen-bond donors (Lipinski definition) is 1. The third-order valence-corrected chi connectivity index (χ3v) is 3.53. The molecule has 4 nitrogen and oxygen atoms in total. The number of piperidine rings is 1. The summed E-state index contributed by atoms with van der Waals surface area (Å²) in [5.41, 5.74) is 0. The first-order valence-electron chi connectivity index (χ1n) is 5.33. The van der Waals surface area contributed by atoms with E-state index in [1.165, 1.54) is 18.3 Å². The number of oxime groups is 1. The molecular formula is C11H12FN3O. The summed E-state index contributed by atoms with van der Waals surface area (Å²) in [4.78, 5) is 6.23. The molecular weight excluding hydrogens is 209 g/mol. The standard InChI is InChI=1S/C11H12FN3O/c12-7-1-2-13-11(3-7)15-5-9-8(4-14-16)10(9)6-15/h1-4,8-10,16H,5-6H2/b14-4+/t8?,9-,10+. The van der Waals surface area contributed by atoms with Crippen LogP contribution in [0.3, 0.4) is 0 Å². The Labute approximate surface area is 92.4 Å². The van der Waals surface area contributed by atoms with Crippen LogP contribution in [0.5, 0.6) is 0 Å². The van der Waals surface area contributed by atoms with Crippen molar-refractivity contribution in [3.05, 3.63) is 24.1 Å². The van der Waals surface area contributed by atoms with Crippen molar-refractivity contribution in [3.63, 3.8) is 0 Å². The van der Waals surface area contributed by atoms with Gasteiger partial charge in [-0.1, -0.05) is 0 Å². The number of pyridine rings is 1. The monoisotopic (exact) mass is 221 g/mol. The molecule has 0 amide bonds. The smallest absolute Gasteiger partial charge is 0.131 e. The quantitative estimate of drug-likeness (QED) is 0.466. The predicted octanol–water partition coefficient (Wildman–Crippen LogP) is 1.36. The number of hydrogen-bond acceptors (Lipinski definition) is 4. The minimum Gasteiger partial charge on any atom is -0.411 e. The molecule has 0 aromatic carbocycles. The minimum atomic E-state index is -0.251. The lowest BCUT2D eigenvalue weighted by molar-refractivity contribution is 0.319. The van der Waals surface area contributed by atoms with Crippen molar-refractivity contribution >= 4 is 12.0 Å². The van der Waals surface area contributed by atoms with E-state index in [-0.39, 0.29) is 5.82 Å². The Kier molecular flexibility index (Phi) is 2.05. The van der Waals surface area contributed by atoms with Gasteiger partial charge in [0.05, 0.1) is 0 Å².